The Morgan fingerprint density at radius 2 is 2.40 bits per heavy atom. The SMILES string of the molecule is Clc1ccc2c(n1)OC1CCCNCC21. The lowest BCUT2D eigenvalue weighted by Crippen LogP contribution is -2.24. The summed E-state index contributed by atoms with van der Waals surface area (Å²) in [5, 5.41) is 3.95. The molecular weight excluding hydrogens is 212 g/mol. The van der Waals surface area contributed by atoms with Gasteiger partial charge in [0.2, 0.25) is 5.88 Å². The minimum Gasteiger partial charge on any atom is -0.473 e. The Kier molecular flexibility index (Phi) is 2.29. The predicted octanol–water partition coefficient (Wildman–Crippen LogP) is 1.96. The first-order chi connectivity index (χ1) is 7.34. The van der Waals surface area contributed by atoms with Crippen molar-refractivity contribution in [2.24, 2.45) is 0 Å². The normalized spacial score (nSPS) is 28.9. The summed E-state index contributed by atoms with van der Waals surface area (Å²) in [5.41, 5.74) is 1.21. The summed E-state index contributed by atoms with van der Waals surface area (Å²) >= 11 is 5.85. The fraction of sp³-hybridized carbons (Fsp3) is 0.545. The average molecular weight is 225 g/mol. The molecule has 80 valence electrons. The molecule has 3 heterocycles. The van der Waals surface area contributed by atoms with E-state index < -0.39 is 0 Å². The van der Waals surface area contributed by atoms with Crippen LogP contribution in [0.1, 0.15) is 24.3 Å². The maximum Gasteiger partial charge on any atom is 0.218 e. The van der Waals surface area contributed by atoms with Crippen LogP contribution < -0.4 is 10.1 Å². The Morgan fingerprint density at radius 1 is 1.47 bits per heavy atom. The Labute approximate surface area is 93.8 Å². The van der Waals surface area contributed by atoms with Crippen molar-refractivity contribution < 1.29 is 4.74 Å². The molecule has 1 aromatic heterocycles. The summed E-state index contributed by atoms with van der Waals surface area (Å²) < 4.78 is 5.84. The van der Waals surface area contributed by atoms with Gasteiger partial charge in [-0.25, -0.2) is 4.98 Å². The van der Waals surface area contributed by atoms with Gasteiger partial charge in [-0.1, -0.05) is 17.7 Å². The fourth-order valence-corrected chi connectivity index (χ4v) is 2.56. The number of halogens is 1. The molecule has 1 fully saturated rings. The first-order valence-electron chi connectivity index (χ1n) is 5.38. The molecule has 1 saturated heterocycles. The van der Waals surface area contributed by atoms with Gasteiger partial charge in [-0.2, -0.15) is 0 Å². The summed E-state index contributed by atoms with van der Waals surface area (Å²) in [6, 6.07) is 3.89. The van der Waals surface area contributed by atoms with E-state index >= 15 is 0 Å². The van der Waals surface area contributed by atoms with Crippen LogP contribution in [0.2, 0.25) is 5.15 Å². The highest BCUT2D eigenvalue weighted by Crippen LogP contribution is 2.39. The number of hydrogen-bond donors (Lipinski definition) is 1. The molecule has 0 spiro atoms. The van der Waals surface area contributed by atoms with Crippen molar-refractivity contribution in [3.8, 4) is 5.88 Å². The van der Waals surface area contributed by atoms with Gasteiger partial charge in [-0.15, -0.1) is 0 Å². The number of pyridine rings is 1. The maximum atomic E-state index is 5.85. The molecule has 2 aliphatic rings. The second kappa shape index (κ2) is 3.65. The third kappa shape index (κ3) is 1.60. The van der Waals surface area contributed by atoms with Gasteiger partial charge in [0.25, 0.3) is 0 Å². The van der Waals surface area contributed by atoms with Gasteiger partial charge >= 0.3 is 0 Å². The van der Waals surface area contributed by atoms with Crippen molar-refractivity contribution in [2.45, 2.75) is 24.9 Å². The van der Waals surface area contributed by atoms with Gasteiger partial charge in [-0.3, -0.25) is 0 Å². The van der Waals surface area contributed by atoms with Gasteiger partial charge in [0.05, 0.1) is 0 Å². The van der Waals surface area contributed by atoms with Gasteiger partial charge in [0.15, 0.2) is 0 Å². The molecule has 2 aliphatic heterocycles. The highest BCUT2D eigenvalue weighted by molar-refractivity contribution is 6.29. The fourth-order valence-electron chi connectivity index (χ4n) is 2.42. The van der Waals surface area contributed by atoms with Crippen LogP contribution in [0.15, 0.2) is 12.1 Å². The Morgan fingerprint density at radius 3 is 3.33 bits per heavy atom. The number of rotatable bonds is 0. The molecule has 0 radical (unpaired) electrons. The second-order valence-electron chi connectivity index (χ2n) is 4.14. The monoisotopic (exact) mass is 224 g/mol. The van der Waals surface area contributed by atoms with E-state index in [0.29, 0.717) is 17.2 Å². The summed E-state index contributed by atoms with van der Waals surface area (Å²) in [4.78, 5) is 4.22. The van der Waals surface area contributed by atoms with Crippen LogP contribution in [-0.2, 0) is 0 Å². The van der Waals surface area contributed by atoms with Crippen LogP contribution in [0.5, 0.6) is 5.88 Å². The largest absolute Gasteiger partial charge is 0.473 e. The van der Waals surface area contributed by atoms with Crippen LogP contribution in [0.25, 0.3) is 0 Å². The van der Waals surface area contributed by atoms with E-state index in [4.69, 9.17) is 16.3 Å². The summed E-state index contributed by atoms with van der Waals surface area (Å²) in [6.07, 6.45) is 2.56. The molecule has 0 aliphatic carbocycles. The molecule has 0 amide bonds. The van der Waals surface area contributed by atoms with E-state index in [1.54, 1.807) is 0 Å². The second-order valence-corrected chi connectivity index (χ2v) is 4.52. The molecule has 4 heteroatoms. The Hall–Kier alpha value is -0.800. The summed E-state index contributed by atoms with van der Waals surface area (Å²) in [7, 11) is 0. The van der Waals surface area contributed by atoms with E-state index in [-0.39, 0.29) is 0 Å². The van der Waals surface area contributed by atoms with E-state index in [9.17, 15) is 0 Å². The molecule has 2 atom stereocenters. The molecule has 0 bridgehead atoms. The molecule has 15 heavy (non-hydrogen) atoms. The zero-order chi connectivity index (χ0) is 10.3. The molecular formula is C11H13ClN2O. The molecule has 2 unspecified atom stereocenters. The standard InChI is InChI=1S/C11H13ClN2O/c12-10-4-3-7-8-6-13-5-1-2-9(8)15-11(7)14-10/h3-4,8-9,13H,1-2,5-6H2. The smallest absolute Gasteiger partial charge is 0.218 e. The zero-order valence-electron chi connectivity index (χ0n) is 8.37. The molecule has 0 saturated carbocycles. The van der Waals surface area contributed by atoms with Gasteiger partial charge < -0.3 is 10.1 Å². The van der Waals surface area contributed by atoms with Crippen molar-refractivity contribution >= 4 is 11.6 Å². The quantitative estimate of drug-likeness (QED) is 0.685. The minimum absolute atomic E-state index is 0.293. The zero-order valence-corrected chi connectivity index (χ0v) is 9.13. The Bertz CT molecular complexity index is 383. The van der Waals surface area contributed by atoms with Gasteiger partial charge in [0.1, 0.15) is 11.3 Å². The summed E-state index contributed by atoms with van der Waals surface area (Å²) in [5.74, 6) is 1.19. The topological polar surface area (TPSA) is 34.1 Å². The minimum atomic E-state index is 0.293. The number of aromatic nitrogens is 1. The van der Waals surface area contributed by atoms with Crippen molar-refractivity contribution in [1.82, 2.24) is 10.3 Å². The lowest BCUT2D eigenvalue weighted by Gasteiger charge is -2.14. The highest BCUT2D eigenvalue weighted by Gasteiger charge is 2.35. The lowest BCUT2D eigenvalue weighted by atomic mass is 9.95. The van der Waals surface area contributed by atoms with E-state index in [0.717, 1.165) is 25.4 Å². The number of fused-ring (bicyclic) bond motifs is 3. The van der Waals surface area contributed by atoms with Crippen LogP contribution in [0.4, 0.5) is 0 Å². The van der Waals surface area contributed by atoms with Crippen molar-refractivity contribution in [3.05, 3.63) is 22.8 Å². The predicted molar refractivity (Wildman–Crippen MR) is 58.5 cm³/mol. The van der Waals surface area contributed by atoms with E-state index in [2.05, 4.69) is 10.3 Å². The highest BCUT2D eigenvalue weighted by atomic mass is 35.5. The maximum absolute atomic E-state index is 5.85. The number of ether oxygens (including phenoxy) is 1. The van der Waals surface area contributed by atoms with Crippen LogP contribution >= 0.6 is 11.6 Å². The molecule has 0 aromatic carbocycles. The third-order valence-electron chi connectivity index (χ3n) is 3.17. The van der Waals surface area contributed by atoms with Crippen molar-refractivity contribution in [2.75, 3.05) is 13.1 Å². The summed E-state index contributed by atoms with van der Waals surface area (Å²) in [6.45, 7) is 2.08. The van der Waals surface area contributed by atoms with E-state index in [1.807, 2.05) is 12.1 Å². The molecule has 1 aromatic rings. The van der Waals surface area contributed by atoms with E-state index in [1.165, 1.54) is 12.0 Å². The molecule has 3 nitrogen and oxygen atoms in total. The average Bonchev–Trinajstić information content (AvgIpc) is 2.42. The Balaban J connectivity index is 1.97. The number of nitrogens with zero attached hydrogens (tertiary/aromatic N) is 1. The van der Waals surface area contributed by atoms with Gasteiger partial charge in [-0.05, 0) is 25.5 Å². The van der Waals surface area contributed by atoms with Crippen LogP contribution in [0, 0.1) is 0 Å². The van der Waals surface area contributed by atoms with Crippen LogP contribution in [0.3, 0.4) is 0 Å². The first kappa shape index (κ1) is 9.43. The number of nitrogens with one attached hydrogen (secondary N) is 1. The first-order valence-corrected chi connectivity index (χ1v) is 5.76. The number of hydrogen-bond acceptors (Lipinski definition) is 3. The van der Waals surface area contributed by atoms with Crippen molar-refractivity contribution in [3.63, 3.8) is 0 Å². The third-order valence-corrected chi connectivity index (χ3v) is 3.38. The van der Waals surface area contributed by atoms with Gasteiger partial charge in [0, 0.05) is 18.0 Å². The van der Waals surface area contributed by atoms with Crippen LogP contribution in [-0.4, -0.2) is 24.2 Å². The molecule has 1 N–H and O–H groups in total. The lowest BCUT2D eigenvalue weighted by molar-refractivity contribution is 0.194. The molecule has 3 rings (SSSR count). The van der Waals surface area contributed by atoms with Crippen molar-refractivity contribution in [1.29, 1.82) is 0 Å².